The number of benzene rings is 1. The minimum absolute atomic E-state index is 0.0752. The summed E-state index contributed by atoms with van der Waals surface area (Å²) in [6.07, 6.45) is -0.0863. The van der Waals surface area contributed by atoms with Crippen molar-refractivity contribution in [3.8, 4) is 5.69 Å². The predicted molar refractivity (Wildman–Crippen MR) is 121 cm³/mol. The molecule has 0 saturated heterocycles. The highest BCUT2D eigenvalue weighted by molar-refractivity contribution is 6.30. The van der Waals surface area contributed by atoms with Crippen LogP contribution in [0, 0.1) is 25.6 Å². The van der Waals surface area contributed by atoms with E-state index in [0.717, 1.165) is 16.8 Å². The first kappa shape index (κ1) is 25.0. The van der Waals surface area contributed by atoms with Crippen molar-refractivity contribution < 1.29 is 27.2 Å². The van der Waals surface area contributed by atoms with E-state index in [1.807, 2.05) is 26.0 Å². The molecular weight excluding hydrogens is 486 g/mol. The first-order chi connectivity index (χ1) is 16.5. The van der Waals surface area contributed by atoms with Gasteiger partial charge < -0.3 is 0 Å². The molecule has 0 aliphatic heterocycles. The zero-order chi connectivity index (χ0) is 25.5. The van der Waals surface area contributed by atoms with Gasteiger partial charge in [0.25, 0.3) is 0 Å². The van der Waals surface area contributed by atoms with E-state index in [-0.39, 0.29) is 30.1 Å². The monoisotopic (exact) mass is 507 g/mol. The van der Waals surface area contributed by atoms with E-state index in [4.69, 9.17) is 11.6 Å². The second-order valence-corrected chi connectivity index (χ2v) is 9.28. The summed E-state index contributed by atoms with van der Waals surface area (Å²) in [5, 5.41) is 4.67. The van der Waals surface area contributed by atoms with E-state index in [1.54, 1.807) is 10.9 Å². The van der Waals surface area contributed by atoms with Crippen molar-refractivity contribution >= 4 is 23.2 Å². The average molecular weight is 508 g/mol. The number of carbonyl (C=O) groups excluding carboxylic acids is 2. The fourth-order valence-corrected chi connectivity index (χ4v) is 4.84. The van der Waals surface area contributed by atoms with Gasteiger partial charge in [-0.15, -0.1) is 0 Å². The van der Waals surface area contributed by atoms with Crippen molar-refractivity contribution in [3.63, 3.8) is 0 Å². The van der Waals surface area contributed by atoms with Gasteiger partial charge in [-0.3, -0.25) is 14.6 Å². The third-order valence-electron chi connectivity index (χ3n) is 6.35. The highest BCUT2D eigenvalue weighted by atomic mass is 35.5. The number of aryl methyl sites for hydroxylation is 3. The molecule has 1 aromatic carbocycles. The quantitative estimate of drug-likeness (QED) is 0.305. The Morgan fingerprint density at radius 1 is 1.11 bits per heavy atom. The summed E-state index contributed by atoms with van der Waals surface area (Å²) >= 11 is 5.95. The van der Waals surface area contributed by atoms with Gasteiger partial charge in [-0.05, 0) is 68.0 Å². The molecule has 0 bridgehead atoms. The first-order valence-electron chi connectivity index (χ1n) is 11.1. The summed E-state index contributed by atoms with van der Waals surface area (Å²) in [6, 6.07) is 4.12. The van der Waals surface area contributed by atoms with E-state index in [2.05, 4.69) is 10.1 Å². The van der Waals surface area contributed by atoms with E-state index in [0.29, 0.717) is 35.7 Å². The van der Waals surface area contributed by atoms with Crippen LogP contribution in [0.4, 0.5) is 17.6 Å². The van der Waals surface area contributed by atoms with Gasteiger partial charge >= 0.3 is 6.18 Å². The number of rotatable bonds is 6. The van der Waals surface area contributed by atoms with Crippen molar-refractivity contribution in [2.75, 3.05) is 0 Å². The summed E-state index contributed by atoms with van der Waals surface area (Å²) in [6.45, 7) is 3.67. The maximum atomic E-state index is 14.1. The van der Waals surface area contributed by atoms with Gasteiger partial charge in [-0.25, -0.2) is 9.07 Å². The molecule has 2 heterocycles. The van der Waals surface area contributed by atoms with Gasteiger partial charge in [-0.2, -0.15) is 18.3 Å². The molecule has 0 N–H and O–H groups in total. The smallest absolute Gasteiger partial charge is 0.298 e. The summed E-state index contributed by atoms with van der Waals surface area (Å²) in [5.41, 5.74) is 1.78. The Hall–Kier alpha value is -3.07. The van der Waals surface area contributed by atoms with Crippen LogP contribution < -0.4 is 0 Å². The minimum atomic E-state index is -4.67. The van der Waals surface area contributed by atoms with Gasteiger partial charge in [-0.1, -0.05) is 11.6 Å². The molecule has 184 valence electrons. The number of halogens is 5. The summed E-state index contributed by atoms with van der Waals surface area (Å²) in [4.78, 5) is 29.6. The Morgan fingerprint density at radius 2 is 1.80 bits per heavy atom. The lowest BCUT2D eigenvalue weighted by molar-refractivity contribution is -0.138. The summed E-state index contributed by atoms with van der Waals surface area (Å²) in [5.74, 6) is -2.77. The molecule has 3 aromatic rings. The zero-order valence-corrected chi connectivity index (χ0v) is 19.8. The minimum Gasteiger partial charge on any atom is -0.298 e. The van der Waals surface area contributed by atoms with Crippen molar-refractivity contribution in [1.82, 2.24) is 14.8 Å². The molecule has 2 atom stereocenters. The number of ketones is 2. The van der Waals surface area contributed by atoms with Crippen LogP contribution in [0.15, 0.2) is 36.8 Å². The molecule has 1 aliphatic carbocycles. The second-order valence-electron chi connectivity index (χ2n) is 8.84. The number of Topliss-reactive ketones (excluding diaryl/α,β-unsaturated/α-hetero) is 2. The Balaban J connectivity index is 1.45. The second kappa shape index (κ2) is 9.53. The highest BCUT2D eigenvalue weighted by Gasteiger charge is 2.42. The van der Waals surface area contributed by atoms with Crippen molar-refractivity contribution in [3.05, 3.63) is 75.6 Å². The standard InChI is InChI=1S/C25H22ClF4N3O2/c1-13-6-18(33-12-17(26)11-32-33)7-14(2)22(13)23-21(34)8-15(24(23)35)4-3-5-20-19(27)9-16(10-31-20)25(28,29)30/h6-7,9-12,15,23H,3-5,8H2,1-2H3. The van der Waals surface area contributed by atoms with Gasteiger partial charge in [0.1, 0.15) is 17.5 Å². The Labute approximate surface area is 204 Å². The number of nitrogens with zero attached hydrogens (tertiary/aromatic N) is 3. The highest BCUT2D eigenvalue weighted by Crippen LogP contribution is 2.38. The average Bonchev–Trinajstić information content (AvgIpc) is 3.32. The number of pyridine rings is 1. The zero-order valence-electron chi connectivity index (χ0n) is 19.0. The number of hydrogen-bond acceptors (Lipinski definition) is 4. The first-order valence-corrected chi connectivity index (χ1v) is 11.4. The van der Waals surface area contributed by atoms with Crippen LogP contribution in [0.3, 0.4) is 0 Å². The molecule has 0 amide bonds. The van der Waals surface area contributed by atoms with Crippen LogP contribution in [0.5, 0.6) is 0 Å². The van der Waals surface area contributed by atoms with Crippen molar-refractivity contribution in [2.45, 2.75) is 51.6 Å². The predicted octanol–water partition coefficient (Wildman–Crippen LogP) is 5.96. The number of aromatic nitrogens is 3. The van der Waals surface area contributed by atoms with Crippen LogP contribution in [-0.4, -0.2) is 26.3 Å². The number of alkyl halides is 3. The van der Waals surface area contributed by atoms with E-state index in [1.165, 1.54) is 6.20 Å². The maximum Gasteiger partial charge on any atom is 0.417 e. The molecule has 0 radical (unpaired) electrons. The van der Waals surface area contributed by atoms with Gasteiger partial charge in [0, 0.05) is 24.7 Å². The summed E-state index contributed by atoms with van der Waals surface area (Å²) < 4.78 is 53.7. The fraction of sp³-hybridized carbons (Fsp3) is 0.360. The van der Waals surface area contributed by atoms with E-state index < -0.39 is 29.4 Å². The molecule has 2 aromatic heterocycles. The Morgan fingerprint density at radius 3 is 2.37 bits per heavy atom. The van der Waals surface area contributed by atoms with Crippen molar-refractivity contribution in [2.24, 2.45) is 5.92 Å². The van der Waals surface area contributed by atoms with Crippen molar-refractivity contribution in [1.29, 1.82) is 0 Å². The molecule has 5 nitrogen and oxygen atoms in total. The molecule has 1 saturated carbocycles. The number of hydrogen-bond donors (Lipinski definition) is 0. The lowest BCUT2D eigenvalue weighted by atomic mass is 9.86. The molecule has 0 spiro atoms. The molecule has 10 heteroatoms. The van der Waals surface area contributed by atoms with Crippen LogP contribution >= 0.6 is 11.6 Å². The van der Waals surface area contributed by atoms with Crippen LogP contribution in [0.1, 0.15) is 53.1 Å². The lowest BCUT2D eigenvalue weighted by Crippen LogP contribution is -2.18. The largest absolute Gasteiger partial charge is 0.417 e. The SMILES string of the molecule is Cc1cc(-n2cc(Cl)cn2)cc(C)c1C1C(=O)CC(CCCc2ncc(C(F)(F)F)cc2F)C1=O. The topological polar surface area (TPSA) is 64.8 Å². The van der Waals surface area contributed by atoms with Gasteiger partial charge in [0.05, 0.1) is 28.2 Å². The van der Waals surface area contributed by atoms with Gasteiger partial charge in [0.15, 0.2) is 5.78 Å². The fourth-order valence-electron chi connectivity index (χ4n) is 4.71. The maximum absolute atomic E-state index is 14.1. The molecule has 35 heavy (non-hydrogen) atoms. The normalized spacial score (nSPS) is 18.5. The molecule has 2 unspecified atom stereocenters. The van der Waals surface area contributed by atoms with Crippen LogP contribution in [-0.2, 0) is 22.2 Å². The summed E-state index contributed by atoms with van der Waals surface area (Å²) in [7, 11) is 0. The van der Waals surface area contributed by atoms with E-state index in [9.17, 15) is 27.2 Å². The van der Waals surface area contributed by atoms with Crippen LogP contribution in [0.2, 0.25) is 5.02 Å². The molecule has 1 aliphatic rings. The third kappa shape index (κ3) is 5.15. The number of carbonyl (C=O) groups is 2. The Bertz CT molecular complexity index is 1280. The third-order valence-corrected chi connectivity index (χ3v) is 6.55. The van der Waals surface area contributed by atoms with Crippen LogP contribution in [0.25, 0.3) is 5.69 Å². The van der Waals surface area contributed by atoms with E-state index >= 15 is 0 Å². The molecule has 4 rings (SSSR count). The lowest BCUT2D eigenvalue weighted by Gasteiger charge is -2.17. The molecular formula is C25H22ClF4N3O2. The Kier molecular flexibility index (Phi) is 6.81. The van der Waals surface area contributed by atoms with Gasteiger partial charge in [0.2, 0.25) is 0 Å². The molecule has 1 fully saturated rings.